The van der Waals surface area contributed by atoms with Gasteiger partial charge in [-0.1, -0.05) is 19.1 Å². The molecule has 0 bridgehead atoms. The Hall–Kier alpha value is -2.34. The molecular formula is C19H26N4O2. The van der Waals surface area contributed by atoms with E-state index in [1.165, 1.54) is 0 Å². The van der Waals surface area contributed by atoms with E-state index in [9.17, 15) is 4.79 Å². The van der Waals surface area contributed by atoms with Crippen LogP contribution in [0.2, 0.25) is 0 Å². The zero-order valence-electron chi connectivity index (χ0n) is 14.9. The second kappa shape index (κ2) is 7.70. The van der Waals surface area contributed by atoms with Gasteiger partial charge in [-0.05, 0) is 36.5 Å². The molecule has 2 atom stereocenters. The summed E-state index contributed by atoms with van der Waals surface area (Å²) in [5, 5.41) is 4.35. The Morgan fingerprint density at radius 3 is 2.80 bits per heavy atom. The summed E-state index contributed by atoms with van der Waals surface area (Å²) in [5.41, 5.74) is 7.64. The summed E-state index contributed by atoms with van der Waals surface area (Å²) in [6.07, 6.45) is 5.63. The minimum atomic E-state index is 0.0305. The van der Waals surface area contributed by atoms with E-state index in [0.717, 1.165) is 30.7 Å². The van der Waals surface area contributed by atoms with Gasteiger partial charge in [0.1, 0.15) is 5.75 Å². The summed E-state index contributed by atoms with van der Waals surface area (Å²) in [4.78, 5) is 14.8. The molecule has 6 heteroatoms. The lowest BCUT2D eigenvalue weighted by molar-refractivity contribution is 0.0532. The van der Waals surface area contributed by atoms with Crippen molar-refractivity contribution < 1.29 is 9.53 Å². The third-order valence-electron chi connectivity index (χ3n) is 5.00. The third kappa shape index (κ3) is 3.85. The van der Waals surface area contributed by atoms with Gasteiger partial charge in [-0.2, -0.15) is 5.10 Å². The van der Waals surface area contributed by atoms with E-state index in [1.54, 1.807) is 18.0 Å². The number of nitrogens with zero attached hydrogens (tertiary/aromatic N) is 3. The van der Waals surface area contributed by atoms with Crippen LogP contribution in [0.3, 0.4) is 0 Å². The minimum Gasteiger partial charge on any atom is -0.497 e. The molecule has 1 saturated heterocycles. The highest BCUT2D eigenvalue weighted by Gasteiger charge is 2.31. The number of piperidine rings is 1. The van der Waals surface area contributed by atoms with Crippen LogP contribution in [0.4, 0.5) is 0 Å². The summed E-state index contributed by atoms with van der Waals surface area (Å²) in [6.45, 7) is 4.07. The first-order valence-electron chi connectivity index (χ1n) is 8.78. The minimum absolute atomic E-state index is 0.0305. The summed E-state index contributed by atoms with van der Waals surface area (Å²) >= 11 is 0. The van der Waals surface area contributed by atoms with E-state index < -0.39 is 0 Å². The van der Waals surface area contributed by atoms with Crippen LogP contribution >= 0.6 is 0 Å². The number of aromatic nitrogens is 2. The van der Waals surface area contributed by atoms with Gasteiger partial charge in [0.2, 0.25) is 0 Å². The Morgan fingerprint density at radius 2 is 2.12 bits per heavy atom. The molecular weight excluding hydrogens is 316 g/mol. The normalized spacial score (nSPS) is 20.5. The molecule has 3 rings (SSSR count). The maximum Gasteiger partial charge on any atom is 0.257 e. The molecule has 25 heavy (non-hydrogen) atoms. The van der Waals surface area contributed by atoms with Gasteiger partial charge in [-0.25, -0.2) is 0 Å². The molecule has 0 aliphatic carbocycles. The van der Waals surface area contributed by atoms with E-state index in [0.29, 0.717) is 24.6 Å². The van der Waals surface area contributed by atoms with Crippen molar-refractivity contribution in [2.24, 2.45) is 11.7 Å². The van der Waals surface area contributed by atoms with Crippen LogP contribution in [-0.2, 0) is 6.54 Å². The first-order valence-corrected chi connectivity index (χ1v) is 8.78. The van der Waals surface area contributed by atoms with Crippen LogP contribution in [0.25, 0.3) is 0 Å². The number of benzene rings is 1. The van der Waals surface area contributed by atoms with Gasteiger partial charge >= 0.3 is 0 Å². The number of amides is 1. The molecule has 1 aromatic carbocycles. The number of likely N-dealkylation sites (tertiary alicyclic amines) is 1. The molecule has 0 radical (unpaired) electrons. The van der Waals surface area contributed by atoms with Gasteiger partial charge in [-0.15, -0.1) is 0 Å². The number of rotatable bonds is 5. The number of ether oxygens (including phenoxy) is 1. The zero-order chi connectivity index (χ0) is 17.8. The van der Waals surface area contributed by atoms with Crippen LogP contribution in [0.5, 0.6) is 5.75 Å². The second-order valence-corrected chi connectivity index (χ2v) is 6.70. The molecule has 6 nitrogen and oxygen atoms in total. The molecule has 2 aromatic rings. The number of nitrogens with two attached hydrogens (primary N) is 1. The molecule has 134 valence electrons. The van der Waals surface area contributed by atoms with Crippen LogP contribution < -0.4 is 10.5 Å². The monoisotopic (exact) mass is 342 g/mol. The van der Waals surface area contributed by atoms with Crippen LogP contribution in [0.15, 0.2) is 36.7 Å². The molecule has 1 aromatic heterocycles. The molecule has 0 saturated carbocycles. The van der Waals surface area contributed by atoms with E-state index in [1.807, 2.05) is 35.4 Å². The van der Waals surface area contributed by atoms with Gasteiger partial charge in [0.05, 0.1) is 25.4 Å². The van der Waals surface area contributed by atoms with Gasteiger partial charge in [-0.3, -0.25) is 9.48 Å². The van der Waals surface area contributed by atoms with E-state index >= 15 is 0 Å². The van der Waals surface area contributed by atoms with Crippen molar-refractivity contribution in [2.45, 2.75) is 32.4 Å². The van der Waals surface area contributed by atoms with Crippen LogP contribution in [-0.4, -0.2) is 46.8 Å². The van der Waals surface area contributed by atoms with Crippen molar-refractivity contribution in [2.75, 3.05) is 20.2 Å². The molecule has 0 spiro atoms. The Labute approximate surface area is 148 Å². The first kappa shape index (κ1) is 17.5. The summed E-state index contributed by atoms with van der Waals surface area (Å²) < 4.78 is 6.96. The van der Waals surface area contributed by atoms with Gasteiger partial charge in [0.15, 0.2) is 0 Å². The molecule has 1 amide bonds. The quantitative estimate of drug-likeness (QED) is 0.903. The maximum absolute atomic E-state index is 12.9. The molecule has 1 fully saturated rings. The largest absolute Gasteiger partial charge is 0.497 e. The van der Waals surface area contributed by atoms with E-state index in [-0.39, 0.29) is 11.9 Å². The van der Waals surface area contributed by atoms with Crippen LogP contribution in [0, 0.1) is 5.92 Å². The number of hydrogen-bond donors (Lipinski definition) is 1. The van der Waals surface area contributed by atoms with Crippen molar-refractivity contribution in [1.82, 2.24) is 14.7 Å². The van der Waals surface area contributed by atoms with Crippen molar-refractivity contribution in [3.05, 3.63) is 47.8 Å². The van der Waals surface area contributed by atoms with Crippen molar-refractivity contribution >= 4 is 5.91 Å². The average molecular weight is 342 g/mol. The van der Waals surface area contributed by atoms with Crippen molar-refractivity contribution in [3.8, 4) is 5.75 Å². The fourth-order valence-electron chi connectivity index (χ4n) is 3.51. The Balaban J connectivity index is 1.70. The predicted octanol–water partition coefficient (Wildman–Crippen LogP) is 2.14. The van der Waals surface area contributed by atoms with Gasteiger partial charge in [0, 0.05) is 25.3 Å². The SMILES string of the molecule is COc1ccc(Cn2cc(C(=O)N3CCC[C@@H](C)[C@@H]3CN)cn2)cc1. The third-order valence-corrected chi connectivity index (χ3v) is 5.00. The van der Waals surface area contributed by atoms with Crippen molar-refractivity contribution in [3.63, 3.8) is 0 Å². The Kier molecular flexibility index (Phi) is 5.38. The average Bonchev–Trinajstić information content (AvgIpc) is 3.10. The first-order chi connectivity index (χ1) is 12.1. The summed E-state index contributed by atoms with van der Waals surface area (Å²) in [5.74, 6) is 1.30. The van der Waals surface area contributed by atoms with E-state index in [4.69, 9.17) is 10.5 Å². The number of hydrogen-bond acceptors (Lipinski definition) is 4. The highest BCUT2D eigenvalue weighted by molar-refractivity contribution is 5.94. The molecule has 1 aliphatic heterocycles. The van der Waals surface area contributed by atoms with Gasteiger partial charge < -0.3 is 15.4 Å². The Morgan fingerprint density at radius 1 is 1.36 bits per heavy atom. The van der Waals surface area contributed by atoms with Crippen molar-refractivity contribution in [1.29, 1.82) is 0 Å². The fraction of sp³-hybridized carbons (Fsp3) is 0.474. The number of carbonyl (C=O) groups is 1. The molecule has 2 heterocycles. The lowest BCUT2D eigenvalue weighted by Crippen LogP contribution is -2.51. The number of carbonyl (C=O) groups excluding carboxylic acids is 1. The lowest BCUT2D eigenvalue weighted by Gasteiger charge is -2.39. The van der Waals surface area contributed by atoms with E-state index in [2.05, 4.69) is 12.0 Å². The summed E-state index contributed by atoms with van der Waals surface area (Å²) in [6, 6.07) is 7.96. The molecule has 2 N–H and O–H groups in total. The zero-order valence-corrected chi connectivity index (χ0v) is 14.9. The Bertz CT molecular complexity index is 710. The predicted molar refractivity (Wildman–Crippen MR) is 96.6 cm³/mol. The number of methoxy groups -OCH3 is 1. The summed E-state index contributed by atoms with van der Waals surface area (Å²) in [7, 11) is 1.65. The fourth-order valence-corrected chi connectivity index (χ4v) is 3.51. The smallest absolute Gasteiger partial charge is 0.257 e. The molecule has 0 unspecified atom stereocenters. The standard InChI is InChI=1S/C19H26N4O2/c1-14-4-3-9-23(18(14)10-20)19(24)16-11-21-22(13-16)12-15-5-7-17(25-2)8-6-15/h5-8,11,13-14,18H,3-4,9-10,12,20H2,1-2H3/t14-,18+/m1/s1. The topological polar surface area (TPSA) is 73.4 Å². The lowest BCUT2D eigenvalue weighted by atomic mass is 9.90. The second-order valence-electron chi connectivity index (χ2n) is 6.70. The highest BCUT2D eigenvalue weighted by Crippen LogP contribution is 2.24. The van der Waals surface area contributed by atoms with Crippen LogP contribution in [0.1, 0.15) is 35.7 Å². The molecule has 1 aliphatic rings. The highest BCUT2D eigenvalue weighted by atomic mass is 16.5. The van der Waals surface area contributed by atoms with Gasteiger partial charge in [0.25, 0.3) is 5.91 Å². The maximum atomic E-state index is 12.9.